The Balaban J connectivity index is 2.47. The minimum atomic E-state index is -1.17. The van der Waals surface area contributed by atoms with Gasteiger partial charge in [-0.05, 0) is 5.56 Å². The van der Waals surface area contributed by atoms with Gasteiger partial charge in [0.25, 0.3) is 0 Å². The maximum Gasteiger partial charge on any atom is 0.317 e. The molecule has 0 bridgehead atoms. The van der Waals surface area contributed by atoms with Crippen molar-refractivity contribution >= 4 is 29.2 Å². The summed E-state index contributed by atoms with van der Waals surface area (Å²) in [5, 5.41) is 9.12. The van der Waals surface area contributed by atoms with Gasteiger partial charge in [0.05, 0.1) is 0 Å². The molecule has 74 valence electrons. The summed E-state index contributed by atoms with van der Waals surface area (Å²) in [5.74, 6) is -0.964. The molecule has 1 fully saturated rings. The summed E-state index contributed by atoms with van der Waals surface area (Å²) in [4.78, 5) is 11.1. The normalized spacial score (nSPS) is 28.4. The van der Waals surface area contributed by atoms with E-state index in [-0.39, 0.29) is 6.42 Å². The van der Waals surface area contributed by atoms with E-state index in [0.29, 0.717) is 5.56 Å². The molecule has 4 heteroatoms. The molecule has 0 saturated heterocycles. The highest BCUT2D eigenvalue weighted by atomic mass is 35.5. The van der Waals surface area contributed by atoms with Gasteiger partial charge in [-0.1, -0.05) is 53.5 Å². The zero-order valence-electron chi connectivity index (χ0n) is 7.21. The van der Waals surface area contributed by atoms with Crippen LogP contribution in [0, 0.1) is 0 Å². The third-order valence-corrected chi connectivity index (χ3v) is 3.53. The predicted octanol–water partition coefficient (Wildman–Crippen LogP) is 2.59. The van der Waals surface area contributed by atoms with Crippen molar-refractivity contribution in [2.45, 2.75) is 16.2 Å². The van der Waals surface area contributed by atoms with Crippen molar-refractivity contribution in [2.75, 3.05) is 0 Å². The summed E-state index contributed by atoms with van der Waals surface area (Å²) in [7, 11) is 0. The number of hydrogen-bond donors (Lipinski definition) is 1. The quantitative estimate of drug-likeness (QED) is 0.794. The standard InChI is InChI=1S/C10H8Cl2O2/c11-10(12)6-9(10,8(13)14)7-4-2-1-3-5-7/h1-5H,6H2,(H,13,14). The zero-order valence-corrected chi connectivity index (χ0v) is 8.72. The predicted molar refractivity (Wildman–Crippen MR) is 54.8 cm³/mol. The maximum absolute atomic E-state index is 11.1. The lowest BCUT2D eigenvalue weighted by Crippen LogP contribution is -2.25. The Morgan fingerprint density at radius 2 is 1.79 bits per heavy atom. The highest BCUT2D eigenvalue weighted by Crippen LogP contribution is 2.64. The molecule has 1 saturated carbocycles. The molecule has 0 amide bonds. The molecule has 1 atom stereocenters. The van der Waals surface area contributed by atoms with Crippen molar-refractivity contribution in [3.63, 3.8) is 0 Å². The Hall–Kier alpha value is -0.730. The average Bonchev–Trinajstić information content (AvgIpc) is 2.72. The van der Waals surface area contributed by atoms with Crippen molar-refractivity contribution in [3.05, 3.63) is 35.9 Å². The minimum Gasteiger partial charge on any atom is -0.480 e. The molecule has 14 heavy (non-hydrogen) atoms. The Labute approximate surface area is 91.4 Å². The first kappa shape index (κ1) is 9.81. The van der Waals surface area contributed by atoms with Gasteiger partial charge in [-0.25, -0.2) is 0 Å². The molecular weight excluding hydrogens is 223 g/mol. The van der Waals surface area contributed by atoms with E-state index in [1.165, 1.54) is 0 Å². The van der Waals surface area contributed by atoms with Crippen molar-refractivity contribution in [1.29, 1.82) is 0 Å². The lowest BCUT2D eigenvalue weighted by Gasteiger charge is -2.12. The van der Waals surface area contributed by atoms with Crippen molar-refractivity contribution < 1.29 is 9.90 Å². The smallest absolute Gasteiger partial charge is 0.317 e. The van der Waals surface area contributed by atoms with E-state index in [0.717, 1.165) is 0 Å². The SMILES string of the molecule is O=C(O)C1(c2ccccc2)CC1(Cl)Cl. The van der Waals surface area contributed by atoms with Crippen LogP contribution >= 0.6 is 23.2 Å². The summed E-state index contributed by atoms with van der Waals surface area (Å²) >= 11 is 11.8. The van der Waals surface area contributed by atoms with Gasteiger partial charge in [0.1, 0.15) is 9.75 Å². The number of benzene rings is 1. The number of carbonyl (C=O) groups is 1. The van der Waals surface area contributed by atoms with Gasteiger partial charge in [0.15, 0.2) is 0 Å². The maximum atomic E-state index is 11.1. The first-order chi connectivity index (χ1) is 6.51. The molecular formula is C10H8Cl2O2. The monoisotopic (exact) mass is 230 g/mol. The van der Waals surface area contributed by atoms with Crippen LogP contribution < -0.4 is 0 Å². The first-order valence-electron chi connectivity index (χ1n) is 4.17. The van der Waals surface area contributed by atoms with Crippen LogP contribution in [0.15, 0.2) is 30.3 Å². The van der Waals surface area contributed by atoms with Gasteiger partial charge in [-0.2, -0.15) is 0 Å². The highest BCUT2D eigenvalue weighted by molar-refractivity contribution is 6.54. The van der Waals surface area contributed by atoms with Crippen LogP contribution in [0.5, 0.6) is 0 Å². The number of rotatable bonds is 2. The molecule has 1 aromatic carbocycles. The summed E-state index contributed by atoms with van der Waals surface area (Å²) in [6.07, 6.45) is 0.266. The fraction of sp³-hybridized carbons (Fsp3) is 0.300. The van der Waals surface area contributed by atoms with Crippen molar-refractivity contribution in [1.82, 2.24) is 0 Å². The molecule has 1 N–H and O–H groups in total. The van der Waals surface area contributed by atoms with Gasteiger partial charge in [0, 0.05) is 6.42 Å². The molecule has 1 aliphatic carbocycles. The second kappa shape index (κ2) is 2.88. The molecule has 0 radical (unpaired) electrons. The van der Waals surface area contributed by atoms with Gasteiger partial charge in [-0.3, -0.25) is 4.79 Å². The lowest BCUT2D eigenvalue weighted by atomic mass is 9.96. The molecule has 2 rings (SSSR count). The van der Waals surface area contributed by atoms with E-state index in [2.05, 4.69) is 0 Å². The van der Waals surface area contributed by atoms with Crippen molar-refractivity contribution in [3.8, 4) is 0 Å². The zero-order chi connectivity index (χ0) is 10.4. The van der Waals surface area contributed by atoms with Gasteiger partial charge < -0.3 is 5.11 Å². The van der Waals surface area contributed by atoms with E-state index in [9.17, 15) is 4.79 Å². The molecule has 1 aromatic rings. The topological polar surface area (TPSA) is 37.3 Å². The fourth-order valence-electron chi connectivity index (χ4n) is 1.68. The Morgan fingerprint density at radius 3 is 2.14 bits per heavy atom. The Kier molecular flexibility index (Phi) is 2.02. The lowest BCUT2D eigenvalue weighted by molar-refractivity contribution is -0.140. The van der Waals surface area contributed by atoms with Crippen LogP contribution in [0.3, 0.4) is 0 Å². The third kappa shape index (κ3) is 1.14. The van der Waals surface area contributed by atoms with E-state index < -0.39 is 15.7 Å². The number of carboxylic acid groups (broad SMARTS) is 1. The highest BCUT2D eigenvalue weighted by Gasteiger charge is 2.72. The summed E-state index contributed by atoms with van der Waals surface area (Å²) in [5.41, 5.74) is -0.449. The number of halogens is 2. The molecule has 1 unspecified atom stereocenters. The van der Waals surface area contributed by atoms with Gasteiger partial charge in [-0.15, -0.1) is 0 Å². The van der Waals surface area contributed by atoms with E-state index in [1.54, 1.807) is 24.3 Å². The molecule has 0 aliphatic heterocycles. The van der Waals surface area contributed by atoms with Crippen molar-refractivity contribution in [2.24, 2.45) is 0 Å². The minimum absolute atomic E-state index is 0.266. The summed E-state index contributed by atoms with van der Waals surface area (Å²) < 4.78 is -1.17. The second-order valence-electron chi connectivity index (χ2n) is 3.46. The number of alkyl halides is 2. The first-order valence-corrected chi connectivity index (χ1v) is 4.93. The largest absolute Gasteiger partial charge is 0.480 e. The number of carboxylic acids is 1. The fourth-order valence-corrected chi connectivity index (χ4v) is 2.46. The van der Waals surface area contributed by atoms with E-state index in [1.807, 2.05) is 6.07 Å². The number of aliphatic carboxylic acids is 1. The van der Waals surface area contributed by atoms with E-state index in [4.69, 9.17) is 28.3 Å². The van der Waals surface area contributed by atoms with Crippen LogP contribution in [0.1, 0.15) is 12.0 Å². The van der Waals surface area contributed by atoms with Crippen LogP contribution in [0.4, 0.5) is 0 Å². The summed E-state index contributed by atoms with van der Waals surface area (Å²) in [6, 6.07) is 8.86. The van der Waals surface area contributed by atoms with Crippen LogP contribution in [0.25, 0.3) is 0 Å². The van der Waals surface area contributed by atoms with Crippen LogP contribution in [-0.4, -0.2) is 15.4 Å². The molecule has 0 spiro atoms. The Bertz CT molecular complexity index is 375. The van der Waals surface area contributed by atoms with Gasteiger partial charge in [0.2, 0.25) is 0 Å². The molecule has 0 heterocycles. The second-order valence-corrected chi connectivity index (χ2v) is 4.94. The van der Waals surface area contributed by atoms with E-state index >= 15 is 0 Å². The molecule has 2 nitrogen and oxygen atoms in total. The van der Waals surface area contributed by atoms with Gasteiger partial charge >= 0.3 is 5.97 Å². The van der Waals surface area contributed by atoms with Crippen LogP contribution in [-0.2, 0) is 10.2 Å². The third-order valence-electron chi connectivity index (χ3n) is 2.62. The molecule has 0 aromatic heterocycles. The molecule has 1 aliphatic rings. The summed E-state index contributed by atoms with van der Waals surface area (Å²) in [6.45, 7) is 0. The number of hydrogen-bond acceptors (Lipinski definition) is 1. The average molecular weight is 231 g/mol. The van der Waals surface area contributed by atoms with Crippen LogP contribution in [0.2, 0.25) is 0 Å². The Morgan fingerprint density at radius 1 is 1.29 bits per heavy atom.